The minimum absolute atomic E-state index is 0.0325. The van der Waals surface area contributed by atoms with Gasteiger partial charge in [-0.25, -0.2) is 15.0 Å². The Hall–Kier alpha value is -8.07. The Morgan fingerprint density at radius 3 is 1.45 bits per heavy atom. The summed E-state index contributed by atoms with van der Waals surface area (Å²) >= 11 is 0. The molecule has 488 valence electrons. The summed E-state index contributed by atoms with van der Waals surface area (Å²) in [6.45, 7) is 19.4. The first-order valence-corrected chi connectivity index (χ1v) is 33.9. The molecule has 3 aliphatic rings. The third-order valence-electron chi connectivity index (χ3n) is 20.9. The fraction of sp³-hybridized carbons (Fsp3) is 0.462. The number of carbonyl (C=O) groups excluding carboxylic acids is 3. The molecule has 6 unspecified atom stereocenters. The number of nitrogens with zero attached hydrogens (tertiary/aromatic N) is 6. The lowest BCUT2D eigenvalue weighted by Crippen LogP contribution is -2.38. The van der Waals surface area contributed by atoms with E-state index in [1.54, 1.807) is 10.6 Å². The van der Waals surface area contributed by atoms with E-state index < -0.39 is 17.7 Å². The molecule has 0 aliphatic heterocycles. The monoisotopic (exact) mass is 1260 g/mol. The second-order valence-corrected chi connectivity index (χ2v) is 28.4. The number of carbonyl (C=O) groups is 3. The quantitative estimate of drug-likeness (QED) is 0.0573. The highest BCUT2D eigenvalue weighted by molar-refractivity contribution is 5.86. The van der Waals surface area contributed by atoms with Crippen LogP contribution in [0.1, 0.15) is 134 Å². The fourth-order valence-electron chi connectivity index (χ4n) is 15.7. The van der Waals surface area contributed by atoms with Crippen molar-refractivity contribution in [1.82, 2.24) is 28.7 Å². The molecular weight excluding hydrogens is 1170 g/mol. The van der Waals surface area contributed by atoms with Crippen LogP contribution in [0.3, 0.4) is 0 Å². The number of hydrogen-bond acceptors (Lipinski definition) is 9. The number of ether oxygens (including phenoxy) is 3. The van der Waals surface area contributed by atoms with Crippen LogP contribution in [0.4, 0.5) is 13.2 Å². The molecular formula is C78H89F3N6O6. The average Bonchev–Trinajstić information content (AvgIpc) is 1.66. The Morgan fingerprint density at radius 2 is 0.935 bits per heavy atom. The van der Waals surface area contributed by atoms with Gasteiger partial charge in [-0.3, -0.25) is 14.4 Å². The molecule has 0 amide bonds. The minimum atomic E-state index is -4.57. The fourth-order valence-corrected chi connectivity index (χ4v) is 15.7. The Bertz CT molecular complexity index is 4160. The van der Waals surface area contributed by atoms with Crippen molar-refractivity contribution in [2.75, 3.05) is 0 Å². The smallest absolute Gasteiger partial charge is 0.416 e. The second kappa shape index (κ2) is 27.5. The van der Waals surface area contributed by atoms with Crippen LogP contribution in [0.25, 0.3) is 67.3 Å². The summed E-state index contributed by atoms with van der Waals surface area (Å²) in [5.74, 6) is 2.89. The van der Waals surface area contributed by atoms with Crippen LogP contribution in [0.15, 0.2) is 133 Å². The summed E-state index contributed by atoms with van der Waals surface area (Å²) in [4.78, 5) is 58.1. The van der Waals surface area contributed by atoms with Crippen molar-refractivity contribution >= 4 is 51.0 Å². The zero-order valence-electron chi connectivity index (χ0n) is 55.3. The number of aromatic nitrogens is 6. The van der Waals surface area contributed by atoms with Gasteiger partial charge in [0.25, 0.3) is 0 Å². The van der Waals surface area contributed by atoms with Crippen molar-refractivity contribution < 1.29 is 41.8 Å². The van der Waals surface area contributed by atoms with E-state index >= 15 is 0 Å². The number of aryl methyl sites for hydroxylation is 2. The van der Waals surface area contributed by atoms with Gasteiger partial charge in [0.1, 0.15) is 55.4 Å². The van der Waals surface area contributed by atoms with Crippen molar-refractivity contribution in [1.29, 1.82) is 0 Å². The predicted octanol–water partition coefficient (Wildman–Crippen LogP) is 17.8. The molecule has 3 fully saturated rings. The molecule has 12 nitrogen and oxygen atoms in total. The number of fused-ring (bicyclic) bond motifs is 3. The maximum absolute atomic E-state index is 14.7. The van der Waals surface area contributed by atoms with E-state index in [4.69, 9.17) is 29.2 Å². The highest BCUT2D eigenvalue weighted by Gasteiger charge is 2.39. The number of benzene rings is 6. The van der Waals surface area contributed by atoms with E-state index in [0.29, 0.717) is 47.0 Å². The van der Waals surface area contributed by atoms with Gasteiger partial charge in [-0.2, -0.15) is 13.2 Å². The van der Waals surface area contributed by atoms with Gasteiger partial charge >= 0.3 is 24.1 Å². The van der Waals surface area contributed by atoms with E-state index in [-0.39, 0.29) is 90.9 Å². The lowest BCUT2D eigenvalue weighted by atomic mass is 9.73. The molecule has 0 radical (unpaired) electrons. The zero-order chi connectivity index (χ0) is 65.4. The molecule has 15 heteroatoms. The number of hydrogen-bond donors (Lipinski definition) is 0. The van der Waals surface area contributed by atoms with Gasteiger partial charge in [0.2, 0.25) is 0 Å². The first-order valence-electron chi connectivity index (χ1n) is 33.9. The topological polar surface area (TPSA) is 132 Å². The molecule has 3 aliphatic carbocycles. The lowest BCUT2D eigenvalue weighted by molar-refractivity contribution is -0.157. The summed E-state index contributed by atoms with van der Waals surface area (Å²) in [6.07, 6.45) is 4.27. The van der Waals surface area contributed by atoms with E-state index in [1.165, 1.54) is 6.07 Å². The van der Waals surface area contributed by atoms with E-state index in [9.17, 15) is 27.6 Å². The van der Waals surface area contributed by atoms with Crippen molar-refractivity contribution in [3.05, 3.63) is 161 Å². The van der Waals surface area contributed by atoms with Crippen LogP contribution >= 0.6 is 0 Å². The van der Waals surface area contributed by atoms with Gasteiger partial charge in [0.05, 0.1) is 38.7 Å². The highest BCUT2D eigenvalue weighted by Crippen LogP contribution is 2.42. The van der Waals surface area contributed by atoms with Gasteiger partial charge in [-0.15, -0.1) is 0 Å². The van der Waals surface area contributed by atoms with Gasteiger partial charge < -0.3 is 27.9 Å². The Labute approximate surface area is 544 Å². The maximum atomic E-state index is 14.7. The average molecular weight is 1260 g/mol. The second-order valence-electron chi connectivity index (χ2n) is 28.4. The molecule has 3 heterocycles. The lowest BCUT2D eigenvalue weighted by Gasteiger charge is -2.38. The number of halogens is 3. The summed E-state index contributed by atoms with van der Waals surface area (Å²) in [7, 11) is 0. The molecule has 3 saturated carbocycles. The standard InChI is InChI=1S/C78H89F3N6O6/c1-46(2)59-30-23-48(4)35-69(59)91-72(88)44-86-68-34-27-55(41-65(68)84-76(86)57-16-14-17-58(42-57)78(79,80)81)39-53(9)60-31-24-49(5)36-70(60)92-73(89)43-85-67-33-26-54(40-64(67)83-75(85)56-28-21-47(3)22-29-56)38-52(8)61-32-25-50(6)37-71(61)93-74(90)45-87-66-20-13-12-19-63(66)82-77(87)62-18-11-10-15-51(62)7/h10-22,26-29,33-34,40-42,46,48-50,52-53,59-61,69-71H,23-25,30-32,35-39,43-45H2,1-9H3/t48?,49?,50?,52?,53-,59?,60?,61+,69-,70-,71-/m1/s1. The van der Waals surface area contributed by atoms with E-state index in [0.717, 1.165) is 138 Å². The van der Waals surface area contributed by atoms with Gasteiger partial charge in [-0.1, -0.05) is 158 Å². The highest BCUT2D eigenvalue weighted by atomic mass is 19.4. The van der Waals surface area contributed by atoms with Gasteiger partial charge in [0, 0.05) is 16.7 Å². The molecule has 11 atom stereocenters. The number of para-hydroxylation sites is 2. The molecule has 3 aromatic heterocycles. The predicted molar refractivity (Wildman–Crippen MR) is 360 cm³/mol. The number of alkyl halides is 3. The molecule has 0 spiro atoms. The molecule has 0 bridgehead atoms. The van der Waals surface area contributed by atoms with E-state index in [2.05, 4.69) is 117 Å². The van der Waals surface area contributed by atoms with E-state index in [1.807, 2.05) is 63.7 Å². The van der Waals surface area contributed by atoms with Crippen LogP contribution in [-0.4, -0.2) is 64.9 Å². The Balaban J connectivity index is 0.752. The largest absolute Gasteiger partial charge is 0.461 e. The van der Waals surface area contributed by atoms with Crippen LogP contribution < -0.4 is 0 Å². The van der Waals surface area contributed by atoms with Crippen molar-refractivity contribution in [2.45, 2.75) is 177 Å². The zero-order valence-corrected chi connectivity index (χ0v) is 55.3. The van der Waals surface area contributed by atoms with Crippen molar-refractivity contribution in [3.63, 3.8) is 0 Å². The van der Waals surface area contributed by atoms with Crippen LogP contribution in [0.2, 0.25) is 0 Å². The summed E-state index contributed by atoms with van der Waals surface area (Å²) in [6, 6.07) is 41.7. The number of imidazole rings is 3. The molecule has 93 heavy (non-hydrogen) atoms. The number of esters is 3. The van der Waals surface area contributed by atoms with Crippen molar-refractivity contribution in [3.8, 4) is 34.2 Å². The summed E-state index contributed by atoms with van der Waals surface area (Å²) < 4.78 is 67.6. The first kappa shape index (κ1) is 65.0. The van der Waals surface area contributed by atoms with Gasteiger partial charge in [0.15, 0.2) is 0 Å². The van der Waals surface area contributed by atoms with Crippen LogP contribution in [0.5, 0.6) is 0 Å². The maximum Gasteiger partial charge on any atom is 0.416 e. The first-order chi connectivity index (χ1) is 44.6. The summed E-state index contributed by atoms with van der Waals surface area (Å²) in [5, 5.41) is 0. The van der Waals surface area contributed by atoms with Crippen LogP contribution in [0, 0.1) is 67.1 Å². The van der Waals surface area contributed by atoms with Gasteiger partial charge in [-0.05, 0) is 184 Å². The molecule has 12 rings (SSSR count). The Morgan fingerprint density at radius 1 is 0.484 bits per heavy atom. The SMILES string of the molecule is Cc1ccc(-c2nc3cc(CC(C)[C@@H]4CCC(C)C[C@H]4OC(=O)Cn4c(-c5ccccc5C)nc5ccccc54)ccc3n2CC(=O)O[C@@H]2CC(C)CCC2[C@H](C)Cc2ccc3c(c2)nc(-c2cccc(C(F)(F)F)c2)n3CC(=O)O[C@@H]2CC(C)CCC2C(C)C)cc1. The molecule has 0 saturated heterocycles. The van der Waals surface area contributed by atoms with Crippen molar-refractivity contribution in [2.24, 2.45) is 53.3 Å². The molecule has 9 aromatic rings. The third kappa shape index (κ3) is 14.5. The Kier molecular flexibility index (Phi) is 19.2. The summed E-state index contributed by atoms with van der Waals surface area (Å²) in [5.41, 5.74) is 10.2. The molecule has 0 N–H and O–H groups in total. The third-order valence-corrected chi connectivity index (χ3v) is 20.9. The van der Waals surface area contributed by atoms with Crippen LogP contribution in [-0.2, 0) is 67.2 Å². The molecule has 6 aromatic carbocycles. The normalized spacial score (nSPS) is 22.7. The number of rotatable bonds is 19. The minimum Gasteiger partial charge on any atom is -0.461 e.